The maximum Gasteiger partial charge on any atom is 0.289 e. The third kappa shape index (κ3) is 4.70. The summed E-state index contributed by atoms with van der Waals surface area (Å²) in [6.07, 6.45) is 4.86. The second-order valence-electron chi connectivity index (χ2n) is 5.20. The monoisotopic (exact) mass is 367 g/mol. The van der Waals surface area contributed by atoms with Gasteiger partial charge in [-0.05, 0) is 42.0 Å². The van der Waals surface area contributed by atoms with Gasteiger partial charge in [-0.25, -0.2) is 10.4 Å². The molecule has 0 unspecified atom stereocenters. The highest BCUT2D eigenvalue weighted by atomic mass is 32.2. The van der Waals surface area contributed by atoms with E-state index in [1.165, 1.54) is 6.20 Å². The zero-order chi connectivity index (χ0) is 18.2. The van der Waals surface area contributed by atoms with E-state index in [0.29, 0.717) is 11.4 Å². The number of aromatic nitrogens is 3. The van der Waals surface area contributed by atoms with Crippen LogP contribution in [-0.4, -0.2) is 34.4 Å². The van der Waals surface area contributed by atoms with Crippen LogP contribution in [0.4, 0.5) is 0 Å². The first-order valence-electron chi connectivity index (χ1n) is 7.80. The Morgan fingerprint density at radius 3 is 2.96 bits per heavy atom. The van der Waals surface area contributed by atoms with Crippen molar-refractivity contribution in [3.05, 3.63) is 71.7 Å². The van der Waals surface area contributed by atoms with Crippen LogP contribution in [0.15, 0.2) is 65.0 Å². The Bertz CT molecular complexity index is 882. The molecule has 2 aromatic heterocycles. The van der Waals surface area contributed by atoms with Crippen LogP contribution in [-0.2, 0) is 5.75 Å². The van der Waals surface area contributed by atoms with E-state index in [9.17, 15) is 4.79 Å². The summed E-state index contributed by atoms with van der Waals surface area (Å²) in [5, 5.41) is 11.2. The molecular weight excluding hydrogens is 350 g/mol. The minimum atomic E-state index is -0.349. The lowest BCUT2D eigenvalue weighted by Crippen LogP contribution is -2.18. The van der Waals surface area contributed by atoms with Crippen LogP contribution in [0.5, 0.6) is 5.75 Å². The van der Waals surface area contributed by atoms with Gasteiger partial charge in [0.1, 0.15) is 11.4 Å². The quantitative estimate of drug-likeness (QED) is 0.381. The number of H-pyrrole nitrogens is 1. The molecule has 7 nitrogen and oxygen atoms in total. The van der Waals surface area contributed by atoms with Gasteiger partial charge in [-0.3, -0.25) is 9.89 Å². The molecule has 0 aliphatic heterocycles. The Labute approximate surface area is 154 Å². The van der Waals surface area contributed by atoms with Crippen LogP contribution < -0.4 is 10.2 Å². The molecule has 3 aromatic rings. The summed E-state index contributed by atoms with van der Waals surface area (Å²) in [5.74, 6) is 1.16. The van der Waals surface area contributed by atoms with Gasteiger partial charge in [-0.15, -0.1) is 11.8 Å². The van der Waals surface area contributed by atoms with Crippen molar-refractivity contribution in [3.63, 3.8) is 0 Å². The molecule has 0 aliphatic rings. The number of aromatic amines is 1. The van der Waals surface area contributed by atoms with Crippen LogP contribution >= 0.6 is 11.8 Å². The molecule has 0 radical (unpaired) electrons. The van der Waals surface area contributed by atoms with E-state index in [4.69, 9.17) is 4.74 Å². The van der Waals surface area contributed by atoms with Gasteiger partial charge in [0.15, 0.2) is 0 Å². The minimum absolute atomic E-state index is 0.349. The van der Waals surface area contributed by atoms with Crippen LogP contribution in [0.2, 0.25) is 0 Å². The normalized spacial score (nSPS) is 10.8. The van der Waals surface area contributed by atoms with Gasteiger partial charge in [0.05, 0.1) is 18.4 Å². The van der Waals surface area contributed by atoms with Crippen LogP contribution in [0.3, 0.4) is 0 Å². The van der Waals surface area contributed by atoms with E-state index in [2.05, 4.69) is 25.7 Å². The lowest BCUT2D eigenvalue weighted by molar-refractivity contribution is 0.0950. The van der Waals surface area contributed by atoms with E-state index in [-0.39, 0.29) is 5.91 Å². The first-order valence-corrected chi connectivity index (χ1v) is 8.78. The fourth-order valence-corrected chi connectivity index (χ4v) is 3.02. The Balaban J connectivity index is 1.66. The zero-order valence-corrected chi connectivity index (χ0v) is 14.9. The molecule has 26 heavy (non-hydrogen) atoms. The molecule has 0 spiro atoms. The highest BCUT2D eigenvalue weighted by Gasteiger charge is 2.07. The number of carbonyl (C=O) groups excluding carboxylic acids is 1. The van der Waals surface area contributed by atoms with Crippen LogP contribution in [0.1, 0.15) is 21.6 Å². The maximum atomic E-state index is 11.8. The lowest BCUT2D eigenvalue weighted by Gasteiger charge is -2.09. The number of hydrazone groups is 1. The number of nitrogens with zero attached hydrogens (tertiary/aromatic N) is 3. The second kappa shape index (κ2) is 8.82. The molecule has 0 fully saturated rings. The van der Waals surface area contributed by atoms with Crippen molar-refractivity contribution in [2.45, 2.75) is 10.8 Å². The van der Waals surface area contributed by atoms with Gasteiger partial charge >= 0.3 is 0 Å². The van der Waals surface area contributed by atoms with Crippen molar-refractivity contribution in [1.82, 2.24) is 20.6 Å². The molecule has 0 atom stereocenters. The molecule has 2 N–H and O–H groups in total. The second-order valence-corrected chi connectivity index (χ2v) is 6.19. The van der Waals surface area contributed by atoms with Gasteiger partial charge in [-0.1, -0.05) is 6.07 Å². The summed E-state index contributed by atoms with van der Waals surface area (Å²) in [5.41, 5.74) is 4.68. The first-order chi connectivity index (χ1) is 12.8. The highest BCUT2D eigenvalue weighted by molar-refractivity contribution is 7.98. The fraction of sp³-hybridized carbons (Fsp3) is 0.111. The molecule has 0 saturated heterocycles. The summed E-state index contributed by atoms with van der Waals surface area (Å²) in [6.45, 7) is 0. The number of pyridine rings is 1. The lowest BCUT2D eigenvalue weighted by atomic mass is 10.1. The molecule has 132 valence electrons. The topological polar surface area (TPSA) is 92.3 Å². The third-order valence-electron chi connectivity index (χ3n) is 3.44. The number of thioether (sulfide) groups is 1. The summed E-state index contributed by atoms with van der Waals surface area (Å²) in [6, 6.07) is 13.1. The number of amides is 1. The number of benzene rings is 1. The Hall–Kier alpha value is -3.13. The maximum absolute atomic E-state index is 11.8. The molecule has 2 heterocycles. The van der Waals surface area contributed by atoms with Crippen molar-refractivity contribution in [1.29, 1.82) is 0 Å². The third-order valence-corrected chi connectivity index (χ3v) is 4.44. The highest BCUT2D eigenvalue weighted by Crippen LogP contribution is 2.27. The number of rotatable bonds is 7. The summed E-state index contributed by atoms with van der Waals surface area (Å²) in [7, 11) is 1.64. The van der Waals surface area contributed by atoms with E-state index in [1.807, 2.05) is 36.4 Å². The van der Waals surface area contributed by atoms with Crippen molar-refractivity contribution < 1.29 is 9.53 Å². The van der Waals surface area contributed by atoms with Gasteiger partial charge < -0.3 is 4.74 Å². The first kappa shape index (κ1) is 17.7. The number of ether oxygens (including phenoxy) is 1. The Kier molecular flexibility index (Phi) is 6.00. The van der Waals surface area contributed by atoms with Gasteiger partial charge in [-0.2, -0.15) is 10.2 Å². The predicted molar refractivity (Wildman–Crippen MR) is 100 cm³/mol. The number of hydrogen-bond acceptors (Lipinski definition) is 6. The van der Waals surface area contributed by atoms with Crippen molar-refractivity contribution in [2.24, 2.45) is 5.10 Å². The van der Waals surface area contributed by atoms with Crippen molar-refractivity contribution in [3.8, 4) is 5.75 Å². The molecule has 0 saturated carbocycles. The van der Waals surface area contributed by atoms with Crippen LogP contribution in [0, 0.1) is 0 Å². The van der Waals surface area contributed by atoms with Gasteiger partial charge in [0.25, 0.3) is 5.91 Å². The minimum Gasteiger partial charge on any atom is -0.496 e. The van der Waals surface area contributed by atoms with Crippen molar-refractivity contribution >= 4 is 23.9 Å². The molecule has 0 aliphatic carbocycles. The largest absolute Gasteiger partial charge is 0.496 e. The average molecular weight is 367 g/mol. The standard InChI is InChI=1S/C18H17N5O2S/c1-25-16-6-5-13(11-21-23-18(24)15-7-9-20-22-15)10-14(16)12-26-17-4-2-3-8-19-17/h2-11H,12H2,1H3,(H,20,22)(H,23,24)/b21-11-. The smallest absolute Gasteiger partial charge is 0.289 e. The van der Waals surface area contributed by atoms with E-state index in [0.717, 1.165) is 21.9 Å². The molecular formula is C18H17N5O2S. The number of hydrogen-bond donors (Lipinski definition) is 2. The summed E-state index contributed by atoms with van der Waals surface area (Å²) < 4.78 is 5.42. The molecule has 0 bridgehead atoms. The van der Waals surface area contributed by atoms with E-state index in [1.54, 1.807) is 37.3 Å². The number of carbonyl (C=O) groups is 1. The fourth-order valence-electron chi connectivity index (χ4n) is 2.18. The Morgan fingerprint density at radius 1 is 1.31 bits per heavy atom. The average Bonchev–Trinajstić information content (AvgIpc) is 3.22. The van der Waals surface area contributed by atoms with Gasteiger partial charge in [0.2, 0.25) is 0 Å². The number of methoxy groups -OCH3 is 1. The van der Waals surface area contributed by atoms with Crippen LogP contribution in [0.25, 0.3) is 0 Å². The molecule has 1 amide bonds. The van der Waals surface area contributed by atoms with E-state index >= 15 is 0 Å². The summed E-state index contributed by atoms with van der Waals surface area (Å²) in [4.78, 5) is 16.1. The van der Waals surface area contributed by atoms with Crippen molar-refractivity contribution in [2.75, 3.05) is 7.11 Å². The Morgan fingerprint density at radius 2 is 2.23 bits per heavy atom. The number of nitrogens with one attached hydrogen (secondary N) is 2. The molecule has 3 rings (SSSR count). The van der Waals surface area contributed by atoms with Gasteiger partial charge in [0, 0.05) is 23.7 Å². The summed E-state index contributed by atoms with van der Waals surface area (Å²) >= 11 is 1.62. The molecule has 1 aromatic carbocycles. The SMILES string of the molecule is COc1ccc(/C=N\NC(=O)c2ccn[nH]2)cc1CSc1ccccn1. The molecule has 8 heteroatoms. The predicted octanol–water partition coefficient (Wildman–Crippen LogP) is 2.87. The van der Waals surface area contributed by atoms with E-state index < -0.39 is 0 Å². The zero-order valence-electron chi connectivity index (χ0n) is 14.0.